The molecule has 2 aromatic carbocycles. The van der Waals surface area contributed by atoms with Crippen LogP contribution in [0.4, 0.5) is 10.1 Å². The summed E-state index contributed by atoms with van der Waals surface area (Å²) in [5.41, 5.74) is 2.96. The average molecular weight is 552 g/mol. The first-order valence-corrected chi connectivity index (χ1v) is 10.9. The predicted molar refractivity (Wildman–Crippen MR) is 136 cm³/mol. The second-order valence-electron chi connectivity index (χ2n) is 8.13. The summed E-state index contributed by atoms with van der Waals surface area (Å²) in [4.78, 5) is 16.2. The van der Waals surface area contributed by atoms with Gasteiger partial charge in [-0.05, 0) is 67.6 Å². The van der Waals surface area contributed by atoms with Crippen LogP contribution in [0.25, 0.3) is 0 Å². The van der Waals surface area contributed by atoms with Gasteiger partial charge in [-0.15, -0.1) is 24.0 Å². The summed E-state index contributed by atoms with van der Waals surface area (Å²) in [6.07, 6.45) is 3.31. The van der Waals surface area contributed by atoms with Crippen LogP contribution in [0, 0.1) is 5.82 Å². The molecule has 2 aromatic rings. The standard InChI is InChI=1S/C24H29FN4O2.HI/c1-2-26-23(28-16-24(10-11-24)18-4-3-5-19(25)15-18)27-12-13-31-20-7-8-21-17(14-20)6-9-22(30)29-21;/h3-5,7-8,14-15H,2,6,9-13,16H2,1H3,(H,29,30)(H2,26,27,28);1H. The van der Waals surface area contributed by atoms with Crippen molar-refractivity contribution in [2.24, 2.45) is 4.99 Å². The number of nitrogens with one attached hydrogen (secondary N) is 3. The third-order valence-corrected chi connectivity index (χ3v) is 5.81. The van der Waals surface area contributed by atoms with Crippen LogP contribution in [0.1, 0.15) is 37.3 Å². The fraction of sp³-hybridized carbons (Fsp3) is 0.417. The minimum absolute atomic E-state index is 0. The normalized spacial score (nSPS) is 16.3. The molecular weight excluding hydrogens is 522 g/mol. The summed E-state index contributed by atoms with van der Waals surface area (Å²) in [6, 6.07) is 12.6. The Hall–Kier alpha value is -2.36. The Labute approximate surface area is 205 Å². The number of fused-ring (bicyclic) bond motifs is 1. The Morgan fingerprint density at radius 2 is 2.03 bits per heavy atom. The Morgan fingerprint density at radius 3 is 2.78 bits per heavy atom. The molecule has 1 aliphatic heterocycles. The highest BCUT2D eigenvalue weighted by atomic mass is 127. The van der Waals surface area contributed by atoms with Crippen LogP contribution in [0.2, 0.25) is 0 Å². The highest BCUT2D eigenvalue weighted by molar-refractivity contribution is 14.0. The van der Waals surface area contributed by atoms with Gasteiger partial charge in [-0.2, -0.15) is 0 Å². The van der Waals surface area contributed by atoms with E-state index in [1.807, 2.05) is 31.2 Å². The maximum atomic E-state index is 13.6. The molecular formula is C24H30FIN4O2. The number of hydrogen-bond acceptors (Lipinski definition) is 3. The number of carbonyl (C=O) groups excluding carboxylic acids is 1. The van der Waals surface area contributed by atoms with E-state index in [4.69, 9.17) is 9.73 Å². The zero-order chi connectivity index (χ0) is 21.7. The number of aryl methyl sites for hydroxylation is 1. The van der Waals surface area contributed by atoms with Crippen molar-refractivity contribution < 1.29 is 13.9 Å². The number of aliphatic imine (C=N–C) groups is 1. The van der Waals surface area contributed by atoms with Gasteiger partial charge in [0.05, 0.1) is 13.1 Å². The van der Waals surface area contributed by atoms with Gasteiger partial charge >= 0.3 is 0 Å². The van der Waals surface area contributed by atoms with E-state index >= 15 is 0 Å². The van der Waals surface area contributed by atoms with Crippen LogP contribution in [0.5, 0.6) is 5.75 Å². The lowest BCUT2D eigenvalue weighted by atomic mass is 9.96. The monoisotopic (exact) mass is 552 g/mol. The smallest absolute Gasteiger partial charge is 0.224 e. The predicted octanol–water partition coefficient (Wildman–Crippen LogP) is 3.99. The van der Waals surface area contributed by atoms with Gasteiger partial charge in [-0.1, -0.05) is 12.1 Å². The molecule has 0 radical (unpaired) electrons. The van der Waals surface area contributed by atoms with Crippen molar-refractivity contribution >= 4 is 41.5 Å². The van der Waals surface area contributed by atoms with Crippen LogP contribution in [-0.4, -0.2) is 38.1 Å². The molecule has 1 fully saturated rings. The Morgan fingerprint density at radius 1 is 1.19 bits per heavy atom. The van der Waals surface area contributed by atoms with Crippen molar-refractivity contribution in [3.63, 3.8) is 0 Å². The van der Waals surface area contributed by atoms with Crippen LogP contribution < -0.4 is 20.7 Å². The zero-order valence-corrected chi connectivity index (χ0v) is 20.6. The largest absolute Gasteiger partial charge is 0.492 e. The van der Waals surface area contributed by atoms with Gasteiger partial charge in [0.15, 0.2) is 5.96 Å². The molecule has 0 unspecified atom stereocenters. The highest BCUT2D eigenvalue weighted by Gasteiger charge is 2.44. The molecule has 1 amide bonds. The number of rotatable bonds is 8. The van der Waals surface area contributed by atoms with Crippen molar-refractivity contribution in [2.45, 2.75) is 38.0 Å². The average Bonchev–Trinajstić information content (AvgIpc) is 3.56. The molecule has 1 saturated carbocycles. The number of anilines is 1. The number of hydrogen-bond donors (Lipinski definition) is 3. The number of carbonyl (C=O) groups is 1. The number of benzene rings is 2. The molecule has 2 aliphatic rings. The van der Waals surface area contributed by atoms with Gasteiger partial charge in [0, 0.05) is 24.1 Å². The van der Waals surface area contributed by atoms with Gasteiger partial charge < -0.3 is 20.7 Å². The first kappa shape index (κ1) is 24.3. The lowest BCUT2D eigenvalue weighted by Crippen LogP contribution is -2.39. The van der Waals surface area contributed by atoms with Gasteiger partial charge in [0.25, 0.3) is 0 Å². The molecule has 0 atom stereocenters. The van der Waals surface area contributed by atoms with Crippen molar-refractivity contribution in [1.29, 1.82) is 0 Å². The Bertz CT molecular complexity index is 978. The minimum Gasteiger partial charge on any atom is -0.492 e. The molecule has 0 aromatic heterocycles. The first-order valence-electron chi connectivity index (χ1n) is 10.9. The third kappa shape index (κ3) is 6.11. The molecule has 0 saturated heterocycles. The molecule has 3 N–H and O–H groups in total. The summed E-state index contributed by atoms with van der Waals surface area (Å²) in [5, 5.41) is 9.44. The van der Waals surface area contributed by atoms with Crippen molar-refractivity contribution in [2.75, 3.05) is 31.6 Å². The van der Waals surface area contributed by atoms with Crippen molar-refractivity contribution in [1.82, 2.24) is 10.6 Å². The molecule has 4 rings (SSSR count). The highest BCUT2D eigenvalue weighted by Crippen LogP contribution is 2.48. The lowest BCUT2D eigenvalue weighted by molar-refractivity contribution is -0.116. The van der Waals surface area contributed by atoms with E-state index in [0.717, 1.165) is 54.3 Å². The van der Waals surface area contributed by atoms with Crippen LogP contribution in [0.15, 0.2) is 47.5 Å². The van der Waals surface area contributed by atoms with Crippen molar-refractivity contribution in [3.05, 3.63) is 59.4 Å². The van der Waals surface area contributed by atoms with Crippen LogP contribution >= 0.6 is 24.0 Å². The van der Waals surface area contributed by atoms with Crippen LogP contribution in [0.3, 0.4) is 0 Å². The molecule has 1 heterocycles. The molecule has 0 bridgehead atoms. The summed E-state index contributed by atoms with van der Waals surface area (Å²) >= 11 is 0. The summed E-state index contributed by atoms with van der Waals surface area (Å²) in [6.45, 7) is 4.51. The number of guanidine groups is 1. The summed E-state index contributed by atoms with van der Waals surface area (Å²) in [7, 11) is 0. The Kier molecular flexibility index (Phi) is 8.33. The maximum Gasteiger partial charge on any atom is 0.224 e. The fourth-order valence-electron chi connectivity index (χ4n) is 3.87. The number of halogens is 2. The SMILES string of the molecule is CCNC(=NCC1(c2cccc(F)c2)CC1)NCCOc1ccc2c(c1)CCC(=O)N2.I. The molecule has 6 nitrogen and oxygen atoms in total. The molecule has 8 heteroatoms. The van der Waals surface area contributed by atoms with Gasteiger partial charge in [-0.3, -0.25) is 9.79 Å². The quantitative estimate of drug-likeness (QED) is 0.201. The van der Waals surface area contributed by atoms with E-state index < -0.39 is 0 Å². The van der Waals surface area contributed by atoms with E-state index in [2.05, 4.69) is 16.0 Å². The van der Waals surface area contributed by atoms with E-state index in [0.29, 0.717) is 26.1 Å². The van der Waals surface area contributed by atoms with E-state index in [1.54, 1.807) is 12.1 Å². The zero-order valence-electron chi connectivity index (χ0n) is 18.2. The third-order valence-electron chi connectivity index (χ3n) is 5.81. The second-order valence-corrected chi connectivity index (χ2v) is 8.13. The first-order chi connectivity index (χ1) is 15.1. The molecule has 1 aliphatic carbocycles. The number of amides is 1. The van der Waals surface area contributed by atoms with E-state index in [-0.39, 0.29) is 41.1 Å². The van der Waals surface area contributed by atoms with E-state index in [1.165, 1.54) is 6.07 Å². The Balaban J connectivity index is 0.00000289. The molecule has 0 spiro atoms. The van der Waals surface area contributed by atoms with Gasteiger partial charge in [0.1, 0.15) is 18.2 Å². The van der Waals surface area contributed by atoms with Crippen LogP contribution in [-0.2, 0) is 16.6 Å². The molecule has 172 valence electrons. The minimum atomic E-state index is -0.195. The summed E-state index contributed by atoms with van der Waals surface area (Å²) in [5.74, 6) is 1.40. The second kappa shape index (κ2) is 11.0. The summed E-state index contributed by atoms with van der Waals surface area (Å²) < 4.78 is 19.5. The maximum absolute atomic E-state index is 13.6. The fourth-order valence-corrected chi connectivity index (χ4v) is 3.87. The number of nitrogens with zero attached hydrogens (tertiary/aromatic N) is 1. The van der Waals surface area contributed by atoms with Crippen molar-refractivity contribution in [3.8, 4) is 5.75 Å². The number of ether oxygens (including phenoxy) is 1. The van der Waals surface area contributed by atoms with E-state index in [9.17, 15) is 9.18 Å². The van der Waals surface area contributed by atoms with Gasteiger partial charge in [0.2, 0.25) is 5.91 Å². The topological polar surface area (TPSA) is 74.8 Å². The van der Waals surface area contributed by atoms with Gasteiger partial charge in [-0.25, -0.2) is 4.39 Å². The molecule has 32 heavy (non-hydrogen) atoms. The lowest BCUT2D eigenvalue weighted by Gasteiger charge is -2.18.